The quantitative estimate of drug-likeness (QED) is 0.629. The Labute approximate surface area is 152 Å². The number of anilines is 1. The number of piperidine rings is 1. The van der Waals surface area contributed by atoms with E-state index in [-0.39, 0.29) is 17.4 Å². The third kappa shape index (κ3) is 3.65. The molecule has 8 nitrogen and oxygen atoms in total. The summed E-state index contributed by atoms with van der Waals surface area (Å²) in [6.07, 6.45) is 4.72. The molecule has 26 heavy (non-hydrogen) atoms. The molecule has 2 atom stereocenters. The van der Waals surface area contributed by atoms with Crippen LogP contribution in [0.4, 0.5) is 11.4 Å². The molecule has 1 aliphatic heterocycles. The molecule has 1 aliphatic rings. The molecular weight excluding hydrogens is 336 g/mol. The van der Waals surface area contributed by atoms with E-state index in [1.807, 2.05) is 17.8 Å². The van der Waals surface area contributed by atoms with Gasteiger partial charge in [-0.3, -0.25) is 10.1 Å². The standard InChI is InChI=1S/C18H24N4O4/c1-3-26-16-11-14(6-7-15(16)22(24)25)21-9-4-5-13(12-21)17(23)18-19-8-10-20(18)2/h6-8,10-11,13,17,23H,3-5,9,12H2,1-2H3. The van der Waals surface area contributed by atoms with Gasteiger partial charge in [-0.1, -0.05) is 0 Å². The fourth-order valence-corrected chi connectivity index (χ4v) is 3.50. The number of aryl methyl sites for hydroxylation is 1. The fraction of sp³-hybridized carbons (Fsp3) is 0.500. The van der Waals surface area contributed by atoms with Crippen LogP contribution in [0.2, 0.25) is 0 Å². The largest absolute Gasteiger partial charge is 0.487 e. The van der Waals surface area contributed by atoms with E-state index in [0.717, 1.165) is 25.1 Å². The van der Waals surface area contributed by atoms with Crippen LogP contribution in [0.25, 0.3) is 0 Å². The lowest BCUT2D eigenvalue weighted by atomic mass is 9.91. The maximum absolute atomic E-state index is 11.2. The number of rotatable bonds is 6. The van der Waals surface area contributed by atoms with Crippen molar-refractivity contribution in [3.05, 3.63) is 46.5 Å². The monoisotopic (exact) mass is 360 g/mol. The summed E-state index contributed by atoms with van der Waals surface area (Å²) in [5.74, 6) is 0.993. The van der Waals surface area contributed by atoms with Crippen LogP contribution in [-0.4, -0.2) is 39.3 Å². The van der Waals surface area contributed by atoms with Crippen LogP contribution >= 0.6 is 0 Å². The molecule has 0 amide bonds. The van der Waals surface area contributed by atoms with Crippen molar-refractivity contribution in [2.45, 2.75) is 25.9 Å². The first-order valence-electron chi connectivity index (χ1n) is 8.82. The van der Waals surface area contributed by atoms with E-state index in [1.54, 1.807) is 25.3 Å². The van der Waals surface area contributed by atoms with Crippen molar-refractivity contribution in [3.63, 3.8) is 0 Å². The second-order valence-electron chi connectivity index (χ2n) is 6.53. The van der Waals surface area contributed by atoms with Crippen molar-refractivity contribution in [2.24, 2.45) is 13.0 Å². The second-order valence-corrected chi connectivity index (χ2v) is 6.53. The van der Waals surface area contributed by atoms with Crippen molar-refractivity contribution in [1.29, 1.82) is 0 Å². The minimum atomic E-state index is -0.637. The molecule has 2 unspecified atom stereocenters. The first kappa shape index (κ1) is 18.2. The molecule has 0 aliphatic carbocycles. The van der Waals surface area contributed by atoms with Crippen molar-refractivity contribution < 1.29 is 14.8 Å². The van der Waals surface area contributed by atoms with E-state index in [4.69, 9.17) is 4.74 Å². The SMILES string of the molecule is CCOc1cc(N2CCCC(C(O)c3nccn3C)C2)ccc1[N+](=O)[O-]. The number of aromatic nitrogens is 2. The van der Waals surface area contributed by atoms with Gasteiger partial charge < -0.3 is 19.3 Å². The lowest BCUT2D eigenvalue weighted by Crippen LogP contribution is -2.38. The third-order valence-corrected chi connectivity index (χ3v) is 4.83. The van der Waals surface area contributed by atoms with Gasteiger partial charge in [0.2, 0.25) is 0 Å². The molecule has 3 rings (SSSR count). The molecule has 0 saturated carbocycles. The van der Waals surface area contributed by atoms with Crippen molar-refractivity contribution in [1.82, 2.24) is 9.55 Å². The summed E-state index contributed by atoms with van der Waals surface area (Å²) in [4.78, 5) is 17.1. The Kier molecular flexibility index (Phi) is 5.41. The number of ether oxygens (including phenoxy) is 1. The highest BCUT2D eigenvalue weighted by molar-refractivity contribution is 5.59. The summed E-state index contributed by atoms with van der Waals surface area (Å²) in [5.41, 5.74) is 0.841. The summed E-state index contributed by atoms with van der Waals surface area (Å²) < 4.78 is 7.28. The zero-order chi connectivity index (χ0) is 18.7. The van der Waals surface area contributed by atoms with Crippen LogP contribution in [0.5, 0.6) is 5.75 Å². The van der Waals surface area contributed by atoms with Gasteiger partial charge in [-0.15, -0.1) is 0 Å². The summed E-state index contributed by atoms with van der Waals surface area (Å²) in [5, 5.41) is 21.9. The third-order valence-electron chi connectivity index (χ3n) is 4.83. The molecule has 0 radical (unpaired) electrons. The number of aliphatic hydroxyl groups excluding tert-OH is 1. The Hall–Kier alpha value is -2.61. The lowest BCUT2D eigenvalue weighted by molar-refractivity contribution is -0.385. The predicted molar refractivity (Wildman–Crippen MR) is 97.4 cm³/mol. The van der Waals surface area contributed by atoms with Crippen LogP contribution in [0, 0.1) is 16.0 Å². The fourth-order valence-electron chi connectivity index (χ4n) is 3.50. The molecule has 2 aromatic rings. The van der Waals surface area contributed by atoms with Crippen LogP contribution in [-0.2, 0) is 7.05 Å². The predicted octanol–water partition coefficient (Wildman–Crippen LogP) is 2.68. The first-order chi connectivity index (χ1) is 12.5. The van der Waals surface area contributed by atoms with E-state index in [1.165, 1.54) is 6.07 Å². The maximum atomic E-state index is 11.2. The molecule has 1 N–H and O–H groups in total. The Morgan fingerprint density at radius 3 is 2.96 bits per heavy atom. The zero-order valence-corrected chi connectivity index (χ0v) is 15.0. The Morgan fingerprint density at radius 2 is 2.31 bits per heavy atom. The first-order valence-corrected chi connectivity index (χ1v) is 8.82. The van der Waals surface area contributed by atoms with Gasteiger partial charge in [-0.05, 0) is 25.8 Å². The van der Waals surface area contributed by atoms with Crippen LogP contribution in [0.15, 0.2) is 30.6 Å². The second kappa shape index (κ2) is 7.74. The highest BCUT2D eigenvalue weighted by Crippen LogP contribution is 2.35. The smallest absolute Gasteiger partial charge is 0.311 e. The number of benzene rings is 1. The molecule has 2 heterocycles. The lowest BCUT2D eigenvalue weighted by Gasteiger charge is -2.36. The molecular formula is C18H24N4O4. The van der Waals surface area contributed by atoms with Gasteiger partial charge >= 0.3 is 5.69 Å². The molecule has 1 fully saturated rings. The van der Waals surface area contributed by atoms with E-state index >= 15 is 0 Å². The van der Waals surface area contributed by atoms with Gasteiger partial charge in [0.15, 0.2) is 5.75 Å². The summed E-state index contributed by atoms with van der Waals surface area (Å²) in [7, 11) is 1.87. The molecule has 0 bridgehead atoms. The summed E-state index contributed by atoms with van der Waals surface area (Å²) >= 11 is 0. The minimum Gasteiger partial charge on any atom is -0.487 e. The molecule has 1 aromatic carbocycles. The number of nitrogens with zero attached hydrogens (tertiary/aromatic N) is 4. The highest BCUT2D eigenvalue weighted by atomic mass is 16.6. The van der Waals surface area contributed by atoms with Gasteiger partial charge in [0.05, 0.1) is 11.5 Å². The van der Waals surface area contributed by atoms with Crippen LogP contribution < -0.4 is 9.64 Å². The number of nitro benzene ring substituents is 1. The van der Waals surface area contributed by atoms with Gasteiger partial charge in [0.25, 0.3) is 0 Å². The molecule has 1 aromatic heterocycles. The van der Waals surface area contributed by atoms with Gasteiger partial charge in [0.1, 0.15) is 11.9 Å². The number of hydrogen-bond donors (Lipinski definition) is 1. The topological polar surface area (TPSA) is 93.7 Å². The van der Waals surface area contributed by atoms with Crippen molar-refractivity contribution >= 4 is 11.4 Å². The summed E-state index contributed by atoms with van der Waals surface area (Å²) in [6.45, 7) is 3.67. The van der Waals surface area contributed by atoms with E-state index in [9.17, 15) is 15.2 Å². The minimum absolute atomic E-state index is 0.0304. The Balaban J connectivity index is 1.80. The number of aliphatic hydroxyl groups is 1. The zero-order valence-electron chi connectivity index (χ0n) is 15.0. The maximum Gasteiger partial charge on any atom is 0.311 e. The summed E-state index contributed by atoms with van der Waals surface area (Å²) in [6, 6.07) is 4.95. The van der Waals surface area contributed by atoms with Crippen LogP contribution in [0.3, 0.4) is 0 Å². The number of nitro groups is 1. The molecule has 0 spiro atoms. The molecule has 140 valence electrons. The average molecular weight is 360 g/mol. The molecule has 1 saturated heterocycles. The van der Waals surface area contributed by atoms with Crippen molar-refractivity contribution in [2.75, 3.05) is 24.6 Å². The van der Waals surface area contributed by atoms with Gasteiger partial charge in [0, 0.05) is 56.3 Å². The van der Waals surface area contributed by atoms with Gasteiger partial charge in [-0.25, -0.2) is 4.98 Å². The Bertz CT molecular complexity index is 776. The highest BCUT2D eigenvalue weighted by Gasteiger charge is 2.30. The van der Waals surface area contributed by atoms with Crippen molar-refractivity contribution in [3.8, 4) is 5.75 Å². The molecule has 8 heteroatoms. The number of imidazole rings is 1. The normalized spacial score (nSPS) is 18.6. The average Bonchev–Trinajstić information content (AvgIpc) is 3.07. The Morgan fingerprint density at radius 1 is 1.50 bits per heavy atom. The van der Waals surface area contributed by atoms with E-state index < -0.39 is 11.0 Å². The van der Waals surface area contributed by atoms with Crippen LogP contribution in [0.1, 0.15) is 31.7 Å². The number of hydrogen-bond acceptors (Lipinski definition) is 6. The van der Waals surface area contributed by atoms with Gasteiger partial charge in [-0.2, -0.15) is 0 Å². The van der Waals surface area contributed by atoms with E-state index in [0.29, 0.717) is 19.0 Å². The van der Waals surface area contributed by atoms with E-state index in [2.05, 4.69) is 9.88 Å².